The molecule has 0 bridgehead atoms. The van der Waals surface area contributed by atoms with E-state index >= 15 is 0 Å². The number of likely N-dealkylation sites (tertiary alicyclic amines) is 1. The predicted molar refractivity (Wildman–Crippen MR) is 64.1 cm³/mol. The molecule has 0 aromatic carbocycles. The first-order valence-corrected chi connectivity index (χ1v) is 6.15. The predicted octanol–water partition coefficient (Wildman–Crippen LogP) is 1.13. The van der Waals surface area contributed by atoms with Crippen LogP contribution >= 0.6 is 0 Å². The van der Waals surface area contributed by atoms with Crippen molar-refractivity contribution < 1.29 is 14.7 Å². The van der Waals surface area contributed by atoms with Crippen LogP contribution in [-0.2, 0) is 4.79 Å². The number of carboxylic acids is 1. The molecular formula is C12H17N3O3. The number of carbonyl (C=O) groups is 2. The van der Waals surface area contributed by atoms with Gasteiger partial charge in [-0.3, -0.25) is 4.79 Å². The number of aromatic nitrogens is 2. The van der Waals surface area contributed by atoms with Crippen molar-refractivity contribution in [3.63, 3.8) is 0 Å². The molecule has 6 nitrogen and oxygen atoms in total. The Labute approximate surface area is 105 Å². The van der Waals surface area contributed by atoms with Crippen molar-refractivity contribution in [3.05, 3.63) is 18.2 Å². The van der Waals surface area contributed by atoms with Gasteiger partial charge in [0, 0.05) is 6.54 Å². The van der Waals surface area contributed by atoms with Crippen molar-refractivity contribution in [1.82, 2.24) is 14.9 Å². The van der Waals surface area contributed by atoms with Gasteiger partial charge in [-0.1, -0.05) is 13.3 Å². The average Bonchev–Trinajstić information content (AvgIpc) is 2.91. The van der Waals surface area contributed by atoms with Crippen molar-refractivity contribution in [2.24, 2.45) is 5.92 Å². The summed E-state index contributed by atoms with van der Waals surface area (Å²) < 4.78 is 0. The largest absolute Gasteiger partial charge is 0.480 e. The number of nitrogens with one attached hydrogen (secondary N) is 1. The molecule has 1 aliphatic heterocycles. The van der Waals surface area contributed by atoms with Crippen LogP contribution in [0.25, 0.3) is 0 Å². The molecule has 98 valence electrons. The normalized spacial score (nSPS) is 23.9. The third-order valence-corrected chi connectivity index (χ3v) is 3.56. The molecule has 2 atom stereocenters. The fraction of sp³-hybridized carbons (Fsp3) is 0.583. The van der Waals surface area contributed by atoms with Crippen molar-refractivity contribution >= 4 is 11.9 Å². The highest BCUT2D eigenvalue weighted by Gasteiger charge is 2.36. The summed E-state index contributed by atoms with van der Waals surface area (Å²) in [4.78, 5) is 31.4. The van der Waals surface area contributed by atoms with Crippen LogP contribution in [0.2, 0.25) is 0 Å². The minimum Gasteiger partial charge on any atom is -0.480 e. The number of nitrogens with zero attached hydrogens (tertiary/aromatic N) is 2. The summed E-state index contributed by atoms with van der Waals surface area (Å²) in [5.41, 5.74) is 0.344. The van der Waals surface area contributed by atoms with Crippen LogP contribution in [0, 0.1) is 5.92 Å². The Bertz CT molecular complexity index is 430. The molecule has 0 radical (unpaired) electrons. The first-order chi connectivity index (χ1) is 8.63. The number of amides is 1. The standard InChI is InChI=1S/C12H17N3O3/c1-2-8-3-4-15(10(5-8)12(17)18)11(16)9-6-13-7-14-9/h6-8,10H,2-5H2,1H3,(H,13,14)(H,17,18). The number of H-pyrrole nitrogens is 1. The van der Waals surface area contributed by atoms with E-state index in [2.05, 4.69) is 16.9 Å². The zero-order chi connectivity index (χ0) is 13.1. The molecule has 0 saturated carbocycles. The molecule has 1 aromatic rings. The van der Waals surface area contributed by atoms with E-state index in [0.29, 0.717) is 24.6 Å². The molecule has 0 spiro atoms. The van der Waals surface area contributed by atoms with Gasteiger partial charge in [-0.15, -0.1) is 0 Å². The lowest BCUT2D eigenvalue weighted by molar-refractivity contribution is -0.144. The Balaban J connectivity index is 2.16. The molecular weight excluding hydrogens is 234 g/mol. The van der Waals surface area contributed by atoms with Crippen LogP contribution in [0.3, 0.4) is 0 Å². The molecule has 2 N–H and O–H groups in total. The molecule has 2 unspecified atom stereocenters. The van der Waals surface area contributed by atoms with Gasteiger partial charge >= 0.3 is 5.97 Å². The number of aliphatic carboxylic acids is 1. The number of rotatable bonds is 3. The number of carboxylic acid groups (broad SMARTS) is 1. The summed E-state index contributed by atoms with van der Waals surface area (Å²) in [6, 6.07) is -0.723. The highest BCUT2D eigenvalue weighted by atomic mass is 16.4. The first-order valence-electron chi connectivity index (χ1n) is 6.15. The number of hydrogen-bond acceptors (Lipinski definition) is 3. The van der Waals surface area contributed by atoms with Gasteiger partial charge in [0.15, 0.2) is 0 Å². The second kappa shape index (κ2) is 5.20. The molecule has 1 aliphatic rings. The van der Waals surface area contributed by atoms with Gasteiger partial charge in [0.05, 0.1) is 12.5 Å². The Morgan fingerprint density at radius 1 is 1.61 bits per heavy atom. The summed E-state index contributed by atoms with van der Waals surface area (Å²) in [7, 11) is 0. The maximum Gasteiger partial charge on any atom is 0.326 e. The van der Waals surface area contributed by atoms with E-state index in [0.717, 1.165) is 12.8 Å². The Kier molecular flexibility index (Phi) is 3.64. The summed E-state index contributed by atoms with van der Waals surface area (Å²) in [5.74, 6) is -0.826. The van der Waals surface area contributed by atoms with Gasteiger partial charge in [-0.25, -0.2) is 9.78 Å². The smallest absolute Gasteiger partial charge is 0.326 e. The molecule has 2 heterocycles. The molecule has 2 rings (SSSR count). The fourth-order valence-corrected chi connectivity index (χ4v) is 2.41. The molecule has 1 amide bonds. The van der Waals surface area contributed by atoms with Crippen LogP contribution in [0.4, 0.5) is 0 Å². The number of imidazole rings is 1. The van der Waals surface area contributed by atoms with Crippen molar-refractivity contribution in [2.75, 3.05) is 6.54 Å². The van der Waals surface area contributed by atoms with E-state index < -0.39 is 12.0 Å². The van der Waals surface area contributed by atoms with Gasteiger partial charge in [0.2, 0.25) is 0 Å². The Morgan fingerprint density at radius 2 is 2.39 bits per heavy atom. The quantitative estimate of drug-likeness (QED) is 0.843. The number of hydrogen-bond donors (Lipinski definition) is 2. The topological polar surface area (TPSA) is 86.3 Å². The molecule has 1 fully saturated rings. The fourth-order valence-electron chi connectivity index (χ4n) is 2.41. The van der Waals surface area contributed by atoms with Gasteiger partial charge < -0.3 is 15.0 Å². The number of aromatic amines is 1. The zero-order valence-corrected chi connectivity index (χ0v) is 10.3. The Hall–Kier alpha value is -1.85. The average molecular weight is 251 g/mol. The highest BCUT2D eigenvalue weighted by Crippen LogP contribution is 2.26. The SMILES string of the molecule is CCC1CCN(C(=O)c2cnc[nH]2)C(C(=O)O)C1. The van der Waals surface area contributed by atoms with Gasteiger partial charge in [0.25, 0.3) is 5.91 Å². The lowest BCUT2D eigenvalue weighted by Crippen LogP contribution is -2.50. The summed E-state index contributed by atoms with van der Waals surface area (Å²) in [6.07, 6.45) is 5.19. The first kappa shape index (κ1) is 12.6. The van der Waals surface area contributed by atoms with Crippen LogP contribution in [-0.4, -0.2) is 44.4 Å². The second-order valence-corrected chi connectivity index (χ2v) is 4.62. The van der Waals surface area contributed by atoms with Crippen molar-refractivity contribution in [3.8, 4) is 0 Å². The summed E-state index contributed by atoms with van der Waals surface area (Å²) in [6.45, 7) is 2.54. The number of carbonyl (C=O) groups excluding carboxylic acids is 1. The highest BCUT2D eigenvalue weighted by molar-refractivity contribution is 5.94. The van der Waals surface area contributed by atoms with E-state index in [9.17, 15) is 14.7 Å². The maximum atomic E-state index is 12.2. The second-order valence-electron chi connectivity index (χ2n) is 4.62. The summed E-state index contributed by atoms with van der Waals surface area (Å²) >= 11 is 0. The molecule has 6 heteroatoms. The monoisotopic (exact) mass is 251 g/mol. The van der Waals surface area contributed by atoms with Crippen LogP contribution in [0.15, 0.2) is 12.5 Å². The summed E-state index contributed by atoms with van der Waals surface area (Å²) in [5, 5.41) is 9.25. The van der Waals surface area contributed by atoms with Gasteiger partial charge in [-0.05, 0) is 18.8 Å². The minimum atomic E-state index is -0.930. The molecule has 0 aliphatic carbocycles. The maximum absolute atomic E-state index is 12.2. The Morgan fingerprint density at radius 3 is 2.94 bits per heavy atom. The lowest BCUT2D eigenvalue weighted by Gasteiger charge is -2.36. The zero-order valence-electron chi connectivity index (χ0n) is 10.3. The van der Waals surface area contributed by atoms with E-state index in [1.54, 1.807) is 0 Å². The van der Waals surface area contributed by atoms with Gasteiger partial charge in [-0.2, -0.15) is 0 Å². The van der Waals surface area contributed by atoms with Crippen molar-refractivity contribution in [2.45, 2.75) is 32.2 Å². The van der Waals surface area contributed by atoms with E-state index in [1.165, 1.54) is 17.4 Å². The van der Waals surface area contributed by atoms with E-state index in [1.807, 2.05) is 0 Å². The van der Waals surface area contributed by atoms with Crippen molar-refractivity contribution in [1.29, 1.82) is 0 Å². The van der Waals surface area contributed by atoms with Gasteiger partial charge in [0.1, 0.15) is 11.7 Å². The lowest BCUT2D eigenvalue weighted by atomic mass is 9.88. The molecule has 18 heavy (non-hydrogen) atoms. The van der Waals surface area contributed by atoms with E-state index in [4.69, 9.17) is 0 Å². The molecule has 1 aromatic heterocycles. The van der Waals surface area contributed by atoms with Crippen LogP contribution < -0.4 is 0 Å². The number of piperidine rings is 1. The van der Waals surface area contributed by atoms with E-state index in [-0.39, 0.29) is 5.91 Å². The third kappa shape index (κ3) is 2.37. The molecule has 1 saturated heterocycles. The van der Waals surface area contributed by atoms with Crippen LogP contribution in [0.5, 0.6) is 0 Å². The minimum absolute atomic E-state index is 0.283. The third-order valence-electron chi connectivity index (χ3n) is 3.56. The van der Waals surface area contributed by atoms with Crippen LogP contribution in [0.1, 0.15) is 36.7 Å².